The Morgan fingerprint density at radius 3 is 0.708 bits per heavy atom. The number of hydrogen-bond acceptors (Lipinski definition) is 14. The van der Waals surface area contributed by atoms with Crippen molar-refractivity contribution >= 4 is 81.9 Å². The number of unbranched alkanes of at least 4 members (excludes halogenated alkanes) is 40. The summed E-state index contributed by atoms with van der Waals surface area (Å²) in [6.45, 7) is 8.89. The molecular weight excluding hydrogens is 1190 g/mol. The maximum absolute atomic E-state index is 12.8. The average Bonchev–Trinajstić information content (AvgIpc) is 3.38. The number of carbonyl (C=O) groups excluding carboxylic acids is 4. The van der Waals surface area contributed by atoms with Gasteiger partial charge in [0.1, 0.15) is 20.2 Å². The Morgan fingerprint density at radius 2 is 0.506 bits per heavy atom. The standard InChI is InChI=1S/2C36H58O7S.Ca/c2*1-3-5-7-9-11-13-15-17-19-21-23-25-30-42-35(37)32-28-27-29-33(44(39,40)41)34(32)36(38)43-31-26-24-22-20-18-16-14-12-10-8-6-4-2;/h2*25-31H,3-24H2,1-2H3,(H,39,40,41);/q;;+2/p-2/b2*30-25+,31-26+;. The predicted octanol–water partition coefficient (Wildman–Crippen LogP) is 20.7. The molecule has 0 heterocycles. The smallest absolute Gasteiger partial charge is 0.744 e. The van der Waals surface area contributed by atoms with Gasteiger partial charge in [-0.1, -0.05) is 271 Å². The SMILES string of the molecule is CCCCCCCCCCCC/C=C/OC(=O)c1cccc(S(=O)(=O)[O-])c1C(=O)O/C=C/CCCCCCCCCCCC.CCCCCCCCCCCC/C=C/OC(=O)c1cccc(S(=O)(=O)[O-])c1C(=O)O/C=C/CCCCCCCCCCCC.[Ca+2]. The van der Waals surface area contributed by atoms with Crippen LogP contribution in [0.5, 0.6) is 0 Å². The van der Waals surface area contributed by atoms with Crippen molar-refractivity contribution in [1.82, 2.24) is 0 Å². The number of rotatable bonds is 54. The summed E-state index contributed by atoms with van der Waals surface area (Å²) in [5, 5.41) is 0. The topological polar surface area (TPSA) is 220 Å². The molecule has 14 nitrogen and oxygen atoms in total. The minimum Gasteiger partial charge on any atom is -0.744 e. The van der Waals surface area contributed by atoms with Gasteiger partial charge in [-0.15, -0.1) is 0 Å². The maximum atomic E-state index is 12.8. The van der Waals surface area contributed by atoms with Crippen molar-refractivity contribution in [2.24, 2.45) is 0 Å². The fraction of sp³-hybridized carbons (Fsp3) is 0.667. The fourth-order valence-electron chi connectivity index (χ4n) is 10.2. The normalized spacial score (nSPS) is 11.8. The number of allylic oxidation sites excluding steroid dienone is 4. The number of hydrogen-bond donors (Lipinski definition) is 0. The van der Waals surface area contributed by atoms with Gasteiger partial charge < -0.3 is 28.1 Å². The molecule has 0 atom stereocenters. The van der Waals surface area contributed by atoms with Crippen molar-refractivity contribution in [3.63, 3.8) is 0 Å². The van der Waals surface area contributed by atoms with E-state index >= 15 is 0 Å². The van der Waals surface area contributed by atoms with Gasteiger partial charge in [0, 0.05) is 0 Å². The van der Waals surface area contributed by atoms with Crippen LogP contribution in [0.15, 0.2) is 95.5 Å². The van der Waals surface area contributed by atoms with Crippen LogP contribution in [0.25, 0.3) is 0 Å². The number of carbonyl (C=O) groups is 4. The van der Waals surface area contributed by atoms with Crippen LogP contribution >= 0.6 is 0 Å². The monoisotopic (exact) mass is 1310 g/mol. The van der Waals surface area contributed by atoms with E-state index in [4.69, 9.17) is 18.9 Å². The van der Waals surface area contributed by atoms with Crippen LogP contribution < -0.4 is 0 Å². The first-order valence-corrected chi connectivity index (χ1v) is 37.1. The zero-order valence-electron chi connectivity index (χ0n) is 55.4. The molecule has 0 aliphatic heterocycles. The molecule has 2 aromatic carbocycles. The summed E-state index contributed by atoms with van der Waals surface area (Å²) < 4.78 is 91.7. The van der Waals surface area contributed by atoms with Crippen molar-refractivity contribution in [1.29, 1.82) is 0 Å². The molecule has 2 rings (SSSR count). The van der Waals surface area contributed by atoms with Gasteiger partial charge in [0.25, 0.3) is 0 Å². The largest absolute Gasteiger partial charge is 2.00 e. The Balaban J connectivity index is 0.00000172. The summed E-state index contributed by atoms with van der Waals surface area (Å²) in [4.78, 5) is 49.5. The molecule has 0 unspecified atom stereocenters. The zero-order chi connectivity index (χ0) is 64.6. The Kier molecular flexibility index (Phi) is 55.8. The maximum Gasteiger partial charge on any atom is 2.00 e. The first-order chi connectivity index (χ1) is 42.6. The Labute approximate surface area is 569 Å². The van der Waals surface area contributed by atoms with E-state index in [-0.39, 0.29) is 48.9 Å². The summed E-state index contributed by atoms with van der Waals surface area (Å²) in [6.07, 6.45) is 63.5. The van der Waals surface area contributed by atoms with E-state index in [1.54, 1.807) is 24.3 Å². The van der Waals surface area contributed by atoms with Crippen LogP contribution in [0.1, 0.15) is 352 Å². The van der Waals surface area contributed by atoms with Crippen molar-refractivity contribution in [3.8, 4) is 0 Å². The van der Waals surface area contributed by atoms with Gasteiger partial charge in [0.05, 0.1) is 57.1 Å². The molecule has 0 aliphatic carbocycles. The minimum absolute atomic E-state index is 0. The van der Waals surface area contributed by atoms with E-state index in [9.17, 15) is 45.1 Å². The molecule has 0 amide bonds. The van der Waals surface area contributed by atoms with Crippen molar-refractivity contribution in [2.45, 2.75) is 320 Å². The second-order valence-electron chi connectivity index (χ2n) is 23.3. The summed E-state index contributed by atoms with van der Waals surface area (Å²) >= 11 is 0. The second-order valence-corrected chi connectivity index (χ2v) is 26.0. The Bertz CT molecular complexity index is 2330. The van der Waals surface area contributed by atoms with Crippen LogP contribution in [0.2, 0.25) is 0 Å². The van der Waals surface area contributed by atoms with Crippen LogP contribution in [-0.4, -0.2) is 87.6 Å². The molecule has 0 spiro atoms. The zero-order valence-corrected chi connectivity index (χ0v) is 59.3. The van der Waals surface area contributed by atoms with Gasteiger partial charge >= 0.3 is 61.6 Å². The molecule has 500 valence electrons. The molecule has 0 saturated carbocycles. The van der Waals surface area contributed by atoms with Gasteiger partial charge in [-0.3, -0.25) is 0 Å². The van der Waals surface area contributed by atoms with E-state index in [0.717, 1.165) is 89.2 Å². The molecule has 89 heavy (non-hydrogen) atoms. The quantitative estimate of drug-likeness (QED) is 0.0150. The van der Waals surface area contributed by atoms with Gasteiger partial charge in [-0.25, -0.2) is 36.0 Å². The van der Waals surface area contributed by atoms with E-state index in [2.05, 4.69) is 27.7 Å². The molecule has 0 radical (unpaired) electrons. The summed E-state index contributed by atoms with van der Waals surface area (Å²) in [5.41, 5.74) is -1.89. The third kappa shape index (κ3) is 45.3. The Hall–Kier alpha value is -3.64. The van der Waals surface area contributed by atoms with E-state index < -0.39 is 65.0 Å². The van der Waals surface area contributed by atoms with Gasteiger partial charge in [0.2, 0.25) is 0 Å². The second kappa shape index (κ2) is 58.2. The molecular formula is C72H114CaO14S2. The molecule has 0 aromatic heterocycles. The van der Waals surface area contributed by atoms with Crippen LogP contribution in [0.4, 0.5) is 0 Å². The van der Waals surface area contributed by atoms with Crippen LogP contribution in [0.3, 0.4) is 0 Å². The van der Waals surface area contributed by atoms with Crippen molar-refractivity contribution in [3.05, 3.63) is 108 Å². The van der Waals surface area contributed by atoms with E-state index in [1.807, 2.05) is 0 Å². The van der Waals surface area contributed by atoms with E-state index in [1.165, 1.54) is 242 Å². The first kappa shape index (κ1) is 85.4. The molecule has 17 heteroatoms. The number of esters is 4. The van der Waals surface area contributed by atoms with Gasteiger partial charge in [-0.2, -0.15) is 0 Å². The van der Waals surface area contributed by atoms with Crippen LogP contribution in [0, 0.1) is 0 Å². The summed E-state index contributed by atoms with van der Waals surface area (Å²) in [7, 11) is -10.1. The molecule has 0 N–H and O–H groups in total. The molecule has 0 bridgehead atoms. The average molecular weight is 1310 g/mol. The Morgan fingerprint density at radius 1 is 0.315 bits per heavy atom. The summed E-state index contributed by atoms with van der Waals surface area (Å²) in [5.74, 6) is -4.06. The number of benzene rings is 2. The third-order valence-electron chi connectivity index (χ3n) is 15.4. The molecule has 0 saturated heterocycles. The van der Waals surface area contributed by atoms with Gasteiger partial charge in [-0.05, 0) is 99.9 Å². The third-order valence-corrected chi connectivity index (χ3v) is 17.2. The van der Waals surface area contributed by atoms with Crippen molar-refractivity contribution in [2.75, 3.05) is 0 Å². The molecule has 0 fully saturated rings. The minimum atomic E-state index is -5.04. The molecule has 2 aromatic rings. The molecule has 0 aliphatic rings. The van der Waals surface area contributed by atoms with E-state index in [0.29, 0.717) is 12.8 Å². The van der Waals surface area contributed by atoms with Gasteiger partial charge in [0.15, 0.2) is 0 Å². The predicted molar refractivity (Wildman–Crippen MR) is 359 cm³/mol. The first-order valence-electron chi connectivity index (χ1n) is 34.3. The van der Waals surface area contributed by atoms with Crippen LogP contribution in [-0.2, 0) is 39.2 Å². The fourth-order valence-corrected chi connectivity index (χ4v) is 11.6. The number of ether oxygens (including phenoxy) is 4. The van der Waals surface area contributed by atoms with Crippen molar-refractivity contribution < 1.29 is 64.1 Å². The summed E-state index contributed by atoms with van der Waals surface area (Å²) in [6, 6.07) is 6.93.